The Bertz CT molecular complexity index is 754. The highest BCUT2D eigenvalue weighted by atomic mass is 32.2. The van der Waals surface area contributed by atoms with E-state index in [4.69, 9.17) is 12.2 Å². The number of amides is 1. The summed E-state index contributed by atoms with van der Waals surface area (Å²) < 4.78 is 27.7. The first kappa shape index (κ1) is 23.3. The van der Waals surface area contributed by atoms with Gasteiger partial charge in [0.05, 0.1) is 4.90 Å². The molecule has 0 bridgehead atoms. The van der Waals surface area contributed by atoms with Crippen molar-refractivity contribution in [3.63, 3.8) is 0 Å². The third-order valence-electron chi connectivity index (χ3n) is 3.44. The summed E-state index contributed by atoms with van der Waals surface area (Å²) in [6.07, 6.45) is 0.345. The van der Waals surface area contributed by atoms with Crippen molar-refractivity contribution in [1.29, 1.82) is 0 Å². The number of aryl methyl sites for hydroxylation is 1. The van der Waals surface area contributed by atoms with Crippen LogP contribution in [0.4, 0.5) is 0 Å². The van der Waals surface area contributed by atoms with E-state index >= 15 is 0 Å². The van der Waals surface area contributed by atoms with Gasteiger partial charge in [0.1, 0.15) is 6.04 Å². The molecule has 0 aromatic heterocycles. The Morgan fingerprint density at radius 1 is 1.11 bits per heavy atom. The Balaban J connectivity index is 2.84. The summed E-state index contributed by atoms with van der Waals surface area (Å²) in [6.45, 7) is 11.5. The van der Waals surface area contributed by atoms with Gasteiger partial charge in [-0.1, -0.05) is 31.5 Å². The van der Waals surface area contributed by atoms with E-state index in [1.807, 2.05) is 41.5 Å². The second-order valence-corrected chi connectivity index (χ2v) is 10.1. The van der Waals surface area contributed by atoms with E-state index in [0.717, 1.165) is 5.56 Å². The molecule has 0 saturated heterocycles. The lowest BCUT2D eigenvalue weighted by molar-refractivity contribution is -0.123. The molecule has 0 heterocycles. The molecule has 0 spiro atoms. The van der Waals surface area contributed by atoms with Crippen molar-refractivity contribution in [3.05, 3.63) is 29.8 Å². The minimum Gasteiger partial charge on any atom is -0.357 e. The van der Waals surface area contributed by atoms with Crippen LogP contribution in [0, 0.1) is 12.8 Å². The Hall–Kier alpha value is -1.71. The molecule has 0 aliphatic heterocycles. The van der Waals surface area contributed by atoms with Gasteiger partial charge < -0.3 is 5.32 Å². The van der Waals surface area contributed by atoms with Crippen molar-refractivity contribution in [2.75, 3.05) is 0 Å². The van der Waals surface area contributed by atoms with Crippen LogP contribution in [-0.2, 0) is 14.8 Å². The van der Waals surface area contributed by atoms with Gasteiger partial charge in [0, 0.05) is 5.54 Å². The Morgan fingerprint density at radius 3 is 2.15 bits per heavy atom. The second-order valence-electron chi connectivity index (χ2n) is 7.93. The minimum atomic E-state index is -3.82. The maximum atomic E-state index is 12.6. The number of rotatable bonds is 6. The minimum absolute atomic E-state index is 0.112. The van der Waals surface area contributed by atoms with Crippen molar-refractivity contribution < 1.29 is 13.2 Å². The predicted octanol–water partition coefficient (Wildman–Crippen LogP) is 1.98. The first-order valence-electron chi connectivity index (χ1n) is 8.77. The van der Waals surface area contributed by atoms with Crippen molar-refractivity contribution in [1.82, 2.24) is 20.9 Å². The molecule has 152 valence electrons. The number of sulfonamides is 1. The summed E-state index contributed by atoms with van der Waals surface area (Å²) in [5, 5.41) is 3.25. The topological polar surface area (TPSA) is 99.3 Å². The van der Waals surface area contributed by atoms with Crippen molar-refractivity contribution in [2.24, 2.45) is 5.92 Å². The molecule has 1 atom stereocenters. The van der Waals surface area contributed by atoms with Crippen LogP contribution >= 0.6 is 12.2 Å². The number of hydrogen-bond donors (Lipinski definition) is 4. The van der Waals surface area contributed by atoms with E-state index in [0.29, 0.717) is 6.42 Å². The van der Waals surface area contributed by atoms with Gasteiger partial charge in [-0.2, -0.15) is 4.72 Å². The Labute approximate surface area is 167 Å². The number of carbonyl (C=O) groups excluding carboxylic acids is 1. The average molecular weight is 415 g/mol. The summed E-state index contributed by atoms with van der Waals surface area (Å²) in [5.41, 5.74) is 5.77. The van der Waals surface area contributed by atoms with Crippen LogP contribution in [0.15, 0.2) is 29.2 Å². The molecule has 1 aromatic carbocycles. The lowest BCUT2D eigenvalue weighted by Crippen LogP contribution is -2.56. The molecule has 27 heavy (non-hydrogen) atoms. The fourth-order valence-corrected chi connectivity index (χ4v) is 3.80. The SMILES string of the molecule is Cc1ccc(S(=O)(=O)N[C@@H](CC(C)C)C(=O)NNC(=S)NC(C)(C)C)cc1. The van der Waals surface area contributed by atoms with E-state index in [9.17, 15) is 13.2 Å². The zero-order valence-corrected chi connectivity index (χ0v) is 18.3. The molecular formula is C18H30N4O3S2. The van der Waals surface area contributed by atoms with Crippen LogP contribution in [0.25, 0.3) is 0 Å². The fourth-order valence-electron chi connectivity index (χ4n) is 2.23. The van der Waals surface area contributed by atoms with Crippen LogP contribution in [0.3, 0.4) is 0 Å². The van der Waals surface area contributed by atoms with Crippen molar-refractivity contribution in [3.8, 4) is 0 Å². The first-order chi connectivity index (χ1) is 12.3. The summed E-state index contributed by atoms with van der Waals surface area (Å²) in [4.78, 5) is 12.6. The van der Waals surface area contributed by atoms with E-state index < -0.39 is 22.0 Å². The molecule has 1 amide bonds. The first-order valence-corrected chi connectivity index (χ1v) is 10.7. The van der Waals surface area contributed by atoms with E-state index in [1.165, 1.54) is 12.1 Å². The van der Waals surface area contributed by atoms with Crippen LogP contribution in [0.5, 0.6) is 0 Å². The molecule has 0 fully saturated rings. The average Bonchev–Trinajstić information content (AvgIpc) is 2.50. The second kappa shape index (κ2) is 9.48. The number of nitrogens with one attached hydrogen (secondary N) is 4. The van der Waals surface area contributed by atoms with E-state index in [-0.39, 0.29) is 21.5 Å². The zero-order valence-electron chi connectivity index (χ0n) is 16.7. The molecule has 1 aromatic rings. The molecule has 9 heteroatoms. The van der Waals surface area contributed by atoms with Crippen LogP contribution in [0.2, 0.25) is 0 Å². The molecule has 0 saturated carbocycles. The van der Waals surface area contributed by atoms with Gasteiger partial charge in [0.2, 0.25) is 10.0 Å². The van der Waals surface area contributed by atoms with E-state index in [2.05, 4.69) is 20.9 Å². The monoisotopic (exact) mass is 414 g/mol. The molecule has 4 N–H and O–H groups in total. The van der Waals surface area contributed by atoms with Crippen molar-refractivity contribution >= 4 is 33.3 Å². The lowest BCUT2D eigenvalue weighted by Gasteiger charge is -2.24. The van der Waals surface area contributed by atoms with Crippen LogP contribution < -0.4 is 20.9 Å². The normalized spacial score (nSPS) is 13.1. The molecule has 0 aliphatic rings. The highest BCUT2D eigenvalue weighted by Gasteiger charge is 2.26. The van der Waals surface area contributed by atoms with Gasteiger partial charge in [0.25, 0.3) is 5.91 Å². The predicted molar refractivity (Wildman–Crippen MR) is 112 cm³/mol. The van der Waals surface area contributed by atoms with Crippen molar-refractivity contribution in [2.45, 2.75) is 64.4 Å². The molecular weight excluding hydrogens is 384 g/mol. The number of hydrazine groups is 1. The molecule has 0 radical (unpaired) electrons. The maximum Gasteiger partial charge on any atom is 0.256 e. The summed E-state index contributed by atoms with van der Waals surface area (Å²) in [6, 6.07) is 5.53. The van der Waals surface area contributed by atoms with Crippen LogP contribution in [-0.4, -0.2) is 31.0 Å². The van der Waals surface area contributed by atoms with Gasteiger partial charge in [-0.25, -0.2) is 8.42 Å². The van der Waals surface area contributed by atoms with Gasteiger partial charge in [0.15, 0.2) is 5.11 Å². The van der Waals surface area contributed by atoms with Crippen LogP contribution in [0.1, 0.15) is 46.6 Å². The number of hydrogen-bond acceptors (Lipinski definition) is 4. The van der Waals surface area contributed by atoms with Gasteiger partial charge in [-0.15, -0.1) is 0 Å². The Kier molecular flexibility index (Phi) is 8.19. The molecule has 7 nitrogen and oxygen atoms in total. The number of benzene rings is 1. The van der Waals surface area contributed by atoms with E-state index in [1.54, 1.807) is 12.1 Å². The third-order valence-corrected chi connectivity index (χ3v) is 5.13. The van der Waals surface area contributed by atoms with Gasteiger partial charge in [-0.3, -0.25) is 15.6 Å². The quantitative estimate of drug-likeness (QED) is 0.420. The molecule has 0 aliphatic carbocycles. The highest BCUT2D eigenvalue weighted by molar-refractivity contribution is 7.89. The fraction of sp³-hybridized carbons (Fsp3) is 0.556. The van der Waals surface area contributed by atoms with Gasteiger partial charge in [-0.05, 0) is 64.4 Å². The highest BCUT2D eigenvalue weighted by Crippen LogP contribution is 2.13. The third kappa shape index (κ3) is 8.68. The largest absolute Gasteiger partial charge is 0.357 e. The zero-order chi connectivity index (χ0) is 20.8. The van der Waals surface area contributed by atoms with Gasteiger partial charge >= 0.3 is 0 Å². The number of thiocarbonyl (C=S) groups is 1. The lowest BCUT2D eigenvalue weighted by atomic mass is 10.0. The maximum absolute atomic E-state index is 12.6. The smallest absolute Gasteiger partial charge is 0.256 e. The summed E-state index contributed by atoms with van der Waals surface area (Å²) >= 11 is 5.12. The summed E-state index contributed by atoms with van der Waals surface area (Å²) in [7, 11) is -3.82. The summed E-state index contributed by atoms with van der Waals surface area (Å²) in [5.74, 6) is -0.390. The molecule has 0 unspecified atom stereocenters. The standard InChI is InChI=1S/C18H30N4O3S2/c1-12(2)11-15(16(23)20-21-17(26)19-18(4,5)6)22-27(24,25)14-9-7-13(3)8-10-14/h7-10,12,15,22H,11H2,1-6H3,(H,20,23)(H2,19,21,26)/t15-/m0/s1. The number of carbonyl (C=O) groups is 1. The Morgan fingerprint density at radius 2 is 1.67 bits per heavy atom. The molecule has 1 rings (SSSR count).